The van der Waals surface area contributed by atoms with Crippen molar-refractivity contribution >= 4 is 26.0 Å². The van der Waals surface area contributed by atoms with Crippen molar-refractivity contribution in [3.05, 3.63) is 52.3 Å². The van der Waals surface area contributed by atoms with Crippen LogP contribution >= 0.6 is 15.9 Å². The van der Waals surface area contributed by atoms with Crippen LogP contribution in [0.25, 0.3) is 0 Å². The molecule has 0 spiro atoms. The smallest absolute Gasteiger partial charge is 0.211 e. The van der Waals surface area contributed by atoms with E-state index in [1.807, 2.05) is 24.3 Å². The van der Waals surface area contributed by atoms with E-state index in [9.17, 15) is 8.42 Å². The molecule has 0 amide bonds. The van der Waals surface area contributed by atoms with Gasteiger partial charge in [0.05, 0.1) is 18.5 Å². The second kappa shape index (κ2) is 5.85. The van der Waals surface area contributed by atoms with Crippen LogP contribution < -0.4 is 0 Å². The van der Waals surface area contributed by atoms with Crippen molar-refractivity contribution in [2.24, 2.45) is 0 Å². The monoisotopic (exact) mass is 344 g/mol. The van der Waals surface area contributed by atoms with Gasteiger partial charge in [-0.25, -0.2) is 8.42 Å². The molecule has 1 aromatic heterocycles. The molecule has 0 bridgehead atoms. The van der Waals surface area contributed by atoms with Crippen LogP contribution in [0.5, 0.6) is 0 Å². The number of halogens is 1. The minimum Gasteiger partial charge on any atom is -0.364 e. The minimum absolute atomic E-state index is 0.196. The Morgan fingerprint density at radius 1 is 1.32 bits per heavy atom. The summed E-state index contributed by atoms with van der Waals surface area (Å²) >= 11 is 3.37. The average Bonchev–Trinajstić information content (AvgIpc) is 2.80. The molecule has 0 aliphatic rings. The molecule has 1 aromatic carbocycles. The molecule has 7 heteroatoms. The molecule has 0 N–H and O–H groups in total. The van der Waals surface area contributed by atoms with Crippen LogP contribution in [-0.4, -0.2) is 24.1 Å². The Labute approximate surface area is 120 Å². The summed E-state index contributed by atoms with van der Waals surface area (Å²) < 4.78 is 30.6. The summed E-state index contributed by atoms with van der Waals surface area (Å²) in [7, 11) is -3.32. The lowest BCUT2D eigenvalue weighted by molar-refractivity contribution is 0.370. The van der Waals surface area contributed by atoms with E-state index in [4.69, 9.17) is 4.52 Å². The number of aromatic nitrogens is 1. The highest BCUT2D eigenvalue weighted by Crippen LogP contribution is 2.16. The average molecular weight is 345 g/mol. The molecule has 5 nitrogen and oxygen atoms in total. The molecule has 0 saturated carbocycles. The van der Waals surface area contributed by atoms with Crippen LogP contribution in [-0.2, 0) is 23.1 Å². The summed E-state index contributed by atoms with van der Waals surface area (Å²) in [4.78, 5) is 0. The lowest BCUT2D eigenvalue weighted by atomic mass is 10.2. The highest BCUT2D eigenvalue weighted by Gasteiger charge is 2.18. The number of benzene rings is 1. The summed E-state index contributed by atoms with van der Waals surface area (Å²) in [6.07, 6.45) is 2.61. The molecule has 0 unspecified atom stereocenters. The third-order valence-corrected chi connectivity index (χ3v) is 4.24. The first-order valence-electron chi connectivity index (χ1n) is 5.54. The lowest BCUT2D eigenvalue weighted by Gasteiger charge is -2.18. The number of nitrogens with zero attached hydrogens (tertiary/aromatic N) is 2. The number of rotatable bonds is 5. The topological polar surface area (TPSA) is 63.4 Å². The van der Waals surface area contributed by atoms with Gasteiger partial charge in [0.2, 0.25) is 10.0 Å². The maximum Gasteiger partial charge on any atom is 0.211 e. The highest BCUT2D eigenvalue weighted by atomic mass is 79.9. The van der Waals surface area contributed by atoms with Crippen molar-refractivity contribution in [3.63, 3.8) is 0 Å². The van der Waals surface area contributed by atoms with E-state index >= 15 is 0 Å². The number of hydrogen-bond acceptors (Lipinski definition) is 4. The van der Waals surface area contributed by atoms with Crippen molar-refractivity contribution in [2.75, 3.05) is 6.26 Å². The zero-order chi connectivity index (χ0) is 13.9. The Morgan fingerprint density at radius 2 is 2.11 bits per heavy atom. The molecule has 0 atom stereocenters. The molecule has 0 fully saturated rings. The largest absolute Gasteiger partial charge is 0.364 e. The third kappa shape index (κ3) is 4.15. The predicted molar refractivity (Wildman–Crippen MR) is 74.7 cm³/mol. The van der Waals surface area contributed by atoms with Crippen molar-refractivity contribution in [1.82, 2.24) is 9.46 Å². The van der Waals surface area contributed by atoms with E-state index in [2.05, 4.69) is 21.1 Å². The SMILES string of the molecule is CS(=O)(=O)N(Cc1cccc(Br)c1)Cc1ccon1. The van der Waals surface area contributed by atoms with Crippen LogP contribution in [0.2, 0.25) is 0 Å². The summed E-state index contributed by atoms with van der Waals surface area (Å²) in [5.41, 5.74) is 1.49. The fraction of sp³-hybridized carbons (Fsp3) is 0.250. The molecule has 19 heavy (non-hydrogen) atoms. The van der Waals surface area contributed by atoms with E-state index in [0.29, 0.717) is 12.2 Å². The van der Waals surface area contributed by atoms with Gasteiger partial charge in [0, 0.05) is 17.1 Å². The quantitative estimate of drug-likeness (QED) is 0.835. The molecule has 102 valence electrons. The molecule has 0 aliphatic carbocycles. The highest BCUT2D eigenvalue weighted by molar-refractivity contribution is 9.10. The van der Waals surface area contributed by atoms with E-state index < -0.39 is 10.0 Å². The van der Waals surface area contributed by atoms with Gasteiger partial charge in [-0.2, -0.15) is 4.31 Å². The maximum atomic E-state index is 11.8. The van der Waals surface area contributed by atoms with E-state index in [1.165, 1.54) is 16.8 Å². The Bertz CT molecular complexity index is 641. The number of sulfonamides is 1. The molecule has 2 rings (SSSR count). The fourth-order valence-electron chi connectivity index (χ4n) is 1.63. The van der Waals surface area contributed by atoms with Crippen LogP contribution in [0.15, 0.2) is 45.6 Å². The summed E-state index contributed by atoms with van der Waals surface area (Å²) in [5, 5.41) is 3.74. The van der Waals surface area contributed by atoms with Crippen LogP contribution in [0.4, 0.5) is 0 Å². The summed E-state index contributed by atoms with van der Waals surface area (Å²) in [5.74, 6) is 0. The standard InChI is InChI=1S/C12H13BrN2O3S/c1-19(16,17)15(9-12-5-6-18-14-12)8-10-3-2-4-11(13)7-10/h2-7H,8-9H2,1H3. The Hall–Kier alpha value is -1.18. The van der Waals surface area contributed by atoms with Gasteiger partial charge in [-0.1, -0.05) is 33.2 Å². The van der Waals surface area contributed by atoms with Crippen LogP contribution in [0, 0.1) is 0 Å². The second-order valence-corrected chi connectivity index (χ2v) is 7.05. The first-order chi connectivity index (χ1) is 8.95. The van der Waals surface area contributed by atoms with Gasteiger partial charge in [-0.3, -0.25) is 0 Å². The summed E-state index contributed by atoms with van der Waals surface area (Å²) in [6.45, 7) is 0.493. The van der Waals surface area contributed by atoms with Crippen molar-refractivity contribution in [1.29, 1.82) is 0 Å². The van der Waals surface area contributed by atoms with E-state index in [1.54, 1.807) is 6.07 Å². The molecule has 2 aromatic rings. The van der Waals surface area contributed by atoms with Gasteiger partial charge in [-0.05, 0) is 17.7 Å². The fourth-order valence-corrected chi connectivity index (χ4v) is 2.83. The lowest BCUT2D eigenvalue weighted by Crippen LogP contribution is -2.29. The number of hydrogen-bond donors (Lipinski definition) is 0. The minimum atomic E-state index is -3.32. The molecular formula is C12H13BrN2O3S. The van der Waals surface area contributed by atoms with Gasteiger partial charge in [-0.15, -0.1) is 0 Å². The van der Waals surface area contributed by atoms with E-state index in [-0.39, 0.29) is 6.54 Å². The van der Waals surface area contributed by atoms with Crippen LogP contribution in [0.3, 0.4) is 0 Å². The first-order valence-corrected chi connectivity index (χ1v) is 8.18. The molecule has 0 radical (unpaired) electrons. The predicted octanol–water partition coefficient (Wildman–Crippen LogP) is 2.40. The zero-order valence-corrected chi connectivity index (χ0v) is 12.7. The van der Waals surface area contributed by atoms with Crippen molar-refractivity contribution < 1.29 is 12.9 Å². The molecular weight excluding hydrogens is 332 g/mol. The Morgan fingerprint density at radius 3 is 2.68 bits per heavy atom. The molecule has 0 saturated heterocycles. The molecule has 1 heterocycles. The van der Waals surface area contributed by atoms with Gasteiger partial charge in [0.15, 0.2) is 0 Å². The maximum absolute atomic E-state index is 11.8. The Kier molecular flexibility index (Phi) is 4.38. The van der Waals surface area contributed by atoms with Crippen molar-refractivity contribution in [3.8, 4) is 0 Å². The van der Waals surface area contributed by atoms with Gasteiger partial charge < -0.3 is 4.52 Å². The molecule has 0 aliphatic heterocycles. The van der Waals surface area contributed by atoms with E-state index in [0.717, 1.165) is 10.0 Å². The zero-order valence-electron chi connectivity index (χ0n) is 10.3. The second-order valence-electron chi connectivity index (χ2n) is 4.15. The Balaban J connectivity index is 2.19. The van der Waals surface area contributed by atoms with Crippen molar-refractivity contribution in [2.45, 2.75) is 13.1 Å². The summed E-state index contributed by atoms with van der Waals surface area (Å²) in [6, 6.07) is 9.19. The van der Waals surface area contributed by atoms with Gasteiger partial charge >= 0.3 is 0 Å². The third-order valence-electron chi connectivity index (χ3n) is 2.55. The van der Waals surface area contributed by atoms with Gasteiger partial charge in [0.25, 0.3) is 0 Å². The first kappa shape index (κ1) is 14.2. The van der Waals surface area contributed by atoms with Gasteiger partial charge in [0.1, 0.15) is 6.26 Å². The van der Waals surface area contributed by atoms with Crippen LogP contribution in [0.1, 0.15) is 11.3 Å². The normalized spacial score (nSPS) is 11.9.